The van der Waals surface area contributed by atoms with Gasteiger partial charge in [0, 0.05) is 11.3 Å². The minimum atomic E-state index is -3.47. The Morgan fingerprint density at radius 1 is 1.33 bits per heavy atom. The summed E-state index contributed by atoms with van der Waals surface area (Å²) in [5.41, 5.74) is 0.830. The average molecular weight is 324 g/mol. The van der Waals surface area contributed by atoms with Crippen LogP contribution in [-0.4, -0.2) is 25.5 Å². The van der Waals surface area contributed by atoms with Crippen molar-refractivity contribution in [3.8, 4) is 6.07 Å². The molecular formula is C15H20N2O2S2. The third-order valence-electron chi connectivity index (χ3n) is 3.66. The molecule has 21 heavy (non-hydrogen) atoms. The fraction of sp³-hybridized carbons (Fsp3) is 0.533. The number of nitrogens with zero attached hydrogens (tertiary/aromatic N) is 1. The SMILES string of the molecule is CCSC1CCCC1NS(=O)(=O)c1ccc(CC#N)cc1. The van der Waals surface area contributed by atoms with E-state index < -0.39 is 10.0 Å². The smallest absolute Gasteiger partial charge is 0.207 e. The van der Waals surface area contributed by atoms with Gasteiger partial charge in [0.1, 0.15) is 0 Å². The maximum Gasteiger partial charge on any atom is 0.240 e. The molecule has 1 saturated carbocycles. The van der Waals surface area contributed by atoms with Gasteiger partial charge in [0.15, 0.2) is 0 Å². The first-order valence-corrected chi connectivity index (χ1v) is 9.70. The van der Waals surface area contributed by atoms with E-state index in [9.17, 15) is 8.42 Å². The number of nitriles is 1. The second kappa shape index (κ2) is 7.30. The maximum atomic E-state index is 12.4. The Bertz CT molecular complexity index is 606. The Labute approximate surface area is 131 Å². The van der Waals surface area contributed by atoms with Gasteiger partial charge in [-0.2, -0.15) is 17.0 Å². The van der Waals surface area contributed by atoms with Crippen molar-refractivity contribution in [2.24, 2.45) is 0 Å². The van der Waals surface area contributed by atoms with Crippen molar-refractivity contribution >= 4 is 21.8 Å². The minimum Gasteiger partial charge on any atom is -0.207 e. The summed E-state index contributed by atoms with van der Waals surface area (Å²) < 4.78 is 27.7. The summed E-state index contributed by atoms with van der Waals surface area (Å²) in [7, 11) is -3.47. The van der Waals surface area contributed by atoms with Gasteiger partial charge < -0.3 is 0 Å². The molecule has 114 valence electrons. The second-order valence-corrected chi connectivity index (χ2v) is 8.36. The largest absolute Gasteiger partial charge is 0.240 e. The molecule has 0 spiro atoms. The van der Waals surface area contributed by atoms with Gasteiger partial charge in [0.25, 0.3) is 0 Å². The zero-order valence-electron chi connectivity index (χ0n) is 12.1. The molecule has 0 heterocycles. The Balaban J connectivity index is 2.09. The van der Waals surface area contributed by atoms with E-state index in [0.717, 1.165) is 30.6 Å². The molecule has 2 unspecified atom stereocenters. The van der Waals surface area contributed by atoms with E-state index in [0.29, 0.717) is 11.7 Å². The predicted molar refractivity (Wildman–Crippen MR) is 85.6 cm³/mol. The van der Waals surface area contributed by atoms with Crippen molar-refractivity contribution in [1.29, 1.82) is 5.26 Å². The van der Waals surface area contributed by atoms with E-state index in [1.54, 1.807) is 24.3 Å². The molecule has 6 heteroatoms. The lowest BCUT2D eigenvalue weighted by Gasteiger charge is -2.20. The molecule has 1 aromatic carbocycles. The molecule has 0 bridgehead atoms. The molecule has 2 atom stereocenters. The fourth-order valence-corrected chi connectivity index (χ4v) is 5.21. The first-order valence-electron chi connectivity index (χ1n) is 7.16. The Morgan fingerprint density at radius 3 is 2.67 bits per heavy atom. The molecule has 1 fully saturated rings. The van der Waals surface area contributed by atoms with Crippen molar-refractivity contribution in [3.63, 3.8) is 0 Å². The van der Waals surface area contributed by atoms with Crippen molar-refractivity contribution in [3.05, 3.63) is 29.8 Å². The average Bonchev–Trinajstić information content (AvgIpc) is 2.87. The third-order valence-corrected chi connectivity index (χ3v) is 6.49. The Hall–Kier alpha value is -1.03. The predicted octanol–water partition coefficient (Wildman–Crippen LogP) is 2.71. The molecule has 0 aromatic heterocycles. The van der Waals surface area contributed by atoms with Crippen LogP contribution >= 0.6 is 11.8 Å². The molecule has 2 rings (SSSR count). The molecule has 1 N–H and O–H groups in total. The topological polar surface area (TPSA) is 70.0 Å². The number of sulfonamides is 1. The van der Waals surface area contributed by atoms with Gasteiger partial charge >= 0.3 is 0 Å². The van der Waals surface area contributed by atoms with Crippen LogP contribution in [0.2, 0.25) is 0 Å². The van der Waals surface area contributed by atoms with Gasteiger partial charge in [-0.3, -0.25) is 0 Å². The standard InChI is InChI=1S/C15H20N2O2S2/c1-2-20-15-5-3-4-14(15)17-21(18,19)13-8-6-12(7-9-13)10-11-16/h6-9,14-15,17H,2-5,10H2,1H3. The Morgan fingerprint density at radius 2 is 2.05 bits per heavy atom. The molecule has 1 aliphatic rings. The van der Waals surface area contributed by atoms with E-state index in [1.807, 2.05) is 11.8 Å². The van der Waals surface area contributed by atoms with Crippen LogP contribution in [0.15, 0.2) is 29.2 Å². The summed E-state index contributed by atoms with van der Waals surface area (Å²) in [4.78, 5) is 0.274. The van der Waals surface area contributed by atoms with Crippen LogP contribution in [0.5, 0.6) is 0 Å². The monoisotopic (exact) mass is 324 g/mol. The lowest BCUT2D eigenvalue weighted by molar-refractivity contribution is 0.555. The van der Waals surface area contributed by atoms with Crippen LogP contribution in [0.3, 0.4) is 0 Å². The molecule has 0 saturated heterocycles. The lowest BCUT2D eigenvalue weighted by Crippen LogP contribution is -2.38. The first-order chi connectivity index (χ1) is 10.1. The molecule has 0 aliphatic heterocycles. The van der Waals surface area contributed by atoms with Gasteiger partial charge in [-0.1, -0.05) is 25.5 Å². The van der Waals surface area contributed by atoms with Crippen LogP contribution in [-0.2, 0) is 16.4 Å². The van der Waals surface area contributed by atoms with Gasteiger partial charge in [-0.25, -0.2) is 13.1 Å². The molecule has 0 radical (unpaired) electrons. The molecule has 4 nitrogen and oxygen atoms in total. The number of benzene rings is 1. The summed E-state index contributed by atoms with van der Waals surface area (Å²) in [5.74, 6) is 1.01. The quantitative estimate of drug-likeness (QED) is 0.873. The minimum absolute atomic E-state index is 0.0266. The van der Waals surface area contributed by atoms with E-state index in [2.05, 4.69) is 17.7 Å². The fourth-order valence-electron chi connectivity index (χ4n) is 2.62. The van der Waals surface area contributed by atoms with Crippen LogP contribution in [0.25, 0.3) is 0 Å². The molecular weight excluding hydrogens is 304 g/mol. The normalized spacial score (nSPS) is 22.1. The Kier molecular flexibility index (Phi) is 5.68. The highest BCUT2D eigenvalue weighted by molar-refractivity contribution is 8.00. The van der Waals surface area contributed by atoms with Crippen LogP contribution < -0.4 is 4.72 Å². The van der Waals surface area contributed by atoms with Crippen molar-refractivity contribution in [2.45, 2.75) is 48.8 Å². The molecule has 1 aliphatic carbocycles. The third kappa shape index (κ3) is 4.22. The summed E-state index contributed by atoms with van der Waals surface area (Å²) in [6.45, 7) is 2.10. The molecule has 0 amide bonds. The summed E-state index contributed by atoms with van der Waals surface area (Å²) >= 11 is 1.83. The van der Waals surface area contributed by atoms with Gasteiger partial charge in [-0.05, 0) is 36.3 Å². The zero-order valence-corrected chi connectivity index (χ0v) is 13.7. The van der Waals surface area contributed by atoms with E-state index in [1.165, 1.54) is 0 Å². The summed E-state index contributed by atoms with van der Waals surface area (Å²) in [5, 5.41) is 9.01. The highest BCUT2D eigenvalue weighted by Gasteiger charge is 2.31. The van der Waals surface area contributed by atoms with E-state index >= 15 is 0 Å². The van der Waals surface area contributed by atoms with Crippen LogP contribution in [0, 0.1) is 11.3 Å². The van der Waals surface area contributed by atoms with E-state index in [4.69, 9.17) is 5.26 Å². The lowest BCUT2D eigenvalue weighted by atomic mass is 10.2. The number of hydrogen-bond donors (Lipinski definition) is 1. The van der Waals surface area contributed by atoms with Gasteiger partial charge in [0.05, 0.1) is 17.4 Å². The molecule has 1 aromatic rings. The zero-order chi connectivity index (χ0) is 15.3. The number of rotatable bonds is 6. The summed E-state index contributed by atoms with van der Waals surface area (Å²) in [6, 6.07) is 8.63. The second-order valence-electron chi connectivity index (χ2n) is 5.13. The van der Waals surface area contributed by atoms with Crippen LogP contribution in [0.1, 0.15) is 31.7 Å². The van der Waals surface area contributed by atoms with Crippen molar-refractivity contribution in [2.75, 3.05) is 5.75 Å². The van der Waals surface area contributed by atoms with Crippen molar-refractivity contribution < 1.29 is 8.42 Å². The summed E-state index contributed by atoms with van der Waals surface area (Å²) in [6.07, 6.45) is 3.35. The van der Waals surface area contributed by atoms with E-state index in [-0.39, 0.29) is 10.9 Å². The van der Waals surface area contributed by atoms with Crippen molar-refractivity contribution in [1.82, 2.24) is 4.72 Å². The first kappa shape index (κ1) is 16.3. The highest BCUT2D eigenvalue weighted by Crippen LogP contribution is 2.30. The number of thioether (sulfide) groups is 1. The highest BCUT2D eigenvalue weighted by atomic mass is 32.2. The van der Waals surface area contributed by atoms with Gasteiger partial charge in [-0.15, -0.1) is 0 Å². The maximum absolute atomic E-state index is 12.4. The van der Waals surface area contributed by atoms with Crippen LogP contribution in [0.4, 0.5) is 0 Å². The van der Waals surface area contributed by atoms with Gasteiger partial charge in [0.2, 0.25) is 10.0 Å². The number of hydrogen-bond acceptors (Lipinski definition) is 4. The number of nitrogens with one attached hydrogen (secondary N) is 1.